The molecule has 1 aliphatic rings. The summed E-state index contributed by atoms with van der Waals surface area (Å²) in [5.41, 5.74) is 0.675. The van der Waals surface area contributed by atoms with Crippen LogP contribution < -0.4 is 0 Å². The Kier molecular flexibility index (Phi) is 4.11. The molecule has 1 aromatic rings. The lowest BCUT2D eigenvalue weighted by Gasteiger charge is -2.31. The van der Waals surface area contributed by atoms with Gasteiger partial charge < -0.3 is 4.74 Å². The lowest BCUT2D eigenvalue weighted by Crippen LogP contribution is -2.38. The molecule has 0 N–H and O–H groups in total. The first-order chi connectivity index (χ1) is 8.22. The van der Waals surface area contributed by atoms with Crippen LogP contribution in [0.15, 0.2) is 22.7 Å². The number of morpholine rings is 1. The highest BCUT2D eigenvalue weighted by molar-refractivity contribution is 9.10. The van der Waals surface area contributed by atoms with Crippen LogP contribution in [0.5, 0.6) is 0 Å². The van der Waals surface area contributed by atoms with E-state index in [-0.39, 0.29) is 5.82 Å². The van der Waals surface area contributed by atoms with Gasteiger partial charge in [0.15, 0.2) is 0 Å². The van der Waals surface area contributed by atoms with E-state index in [2.05, 4.69) is 22.0 Å². The Morgan fingerprint density at radius 1 is 1.41 bits per heavy atom. The Morgan fingerprint density at radius 3 is 2.76 bits per heavy atom. The third-order valence-corrected chi connectivity index (χ3v) is 3.51. The van der Waals surface area contributed by atoms with Gasteiger partial charge in [-0.2, -0.15) is 5.26 Å². The quantitative estimate of drug-likeness (QED) is 0.842. The zero-order valence-electron chi connectivity index (χ0n) is 9.20. The fourth-order valence-corrected chi connectivity index (χ4v) is 2.37. The zero-order valence-corrected chi connectivity index (χ0v) is 10.8. The van der Waals surface area contributed by atoms with E-state index in [1.807, 2.05) is 4.90 Å². The molecule has 0 spiro atoms. The first kappa shape index (κ1) is 12.5. The minimum atomic E-state index is -0.427. The van der Waals surface area contributed by atoms with Gasteiger partial charge in [-0.05, 0) is 18.2 Å². The van der Waals surface area contributed by atoms with Crippen LogP contribution in [-0.2, 0) is 4.74 Å². The highest BCUT2D eigenvalue weighted by Gasteiger charge is 2.24. The minimum Gasteiger partial charge on any atom is -0.379 e. The number of nitrogens with zero attached hydrogens (tertiary/aromatic N) is 2. The van der Waals surface area contributed by atoms with Crippen LogP contribution in [0.25, 0.3) is 0 Å². The number of halogens is 2. The van der Waals surface area contributed by atoms with E-state index in [1.165, 1.54) is 12.1 Å². The third-order valence-electron chi connectivity index (χ3n) is 2.79. The number of ether oxygens (including phenoxy) is 1. The van der Waals surface area contributed by atoms with Gasteiger partial charge in [0, 0.05) is 23.1 Å². The molecule has 1 saturated heterocycles. The molecule has 0 amide bonds. The minimum absolute atomic E-state index is 0.322. The van der Waals surface area contributed by atoms with Crippen LogP contribution >= 0.6 is 15.9 Å². The normalized spacial score (nSPS) is 18.6. The zero-order chi connectivity index (χ0) is 12.3. The Balaban J connectivity index is 2.28. The maximum absolute atomic E-state index is 13.2. The number of benzene rings is 1. The molecule has 1 atom stereocenters. The largest absolute Gasteiger partial charge is 0.379 e. The summed E-state index contributed by atoms with van der Waals surface area (Å²) in [5, 5.41) is 9.27. The van der Waals surface area contributed by atoms with Crippen molar-refractivity contribution in [1.29, 1.82) is 5.26 Å². The molecule has 2 rings (SSSR count). The summed E-state index contributed by atoms with van der Waals surface area (Å²) in [7, 11) is 0. The van der Waals surface area contributed by atoms with Gasteiger partial charge in [-0.1, -0.05) is 15.9 Å². The summed E-state index contributed by atoms with van der Waals surface area (Å²) in [5.74, 6) is -0.322. The van der Waals surface area contributed by atoms with Crippen LogP contribution in [-0.4, -0.2) is 31.2 Å². The molecule has 90 valence electrons. The predicted octanol–water partition coefficient (Wildman–Crippen LogP) is 2.49. The molecule has 0 aliphatic carbocycles. The second kappa shape index (κ2) is 5.58. The molecule has 0 radical (unpaired) electrons. The molecular weight excluding hydrogens is 287 g/mol. The van der Waals surface area contributed by atoms with Crippen LogP contribution in [0.1, 0.15) is 11.6 Å². The van der Waals surface area contributed by atoms with Crippen molar-refractivity contribution < 1.29 is 9.13 Å². The predicted molar refractivity (Wildman–Crippen MR) is 64.8 cm³/mol. The van der Waals surface area contributed by atoms with Crippen molar-refractivity contribution in [3.8, 4) is 6.07 Å². The SMILES string of the molecule is N#CC(c1cc(F)ccc1Br)N1CCOCC1. The molecule has 1 aliphatic heterocycles. The van der Waals surface area contributed by atoms with E-state index in [4.69, 9.17) is 4.74 Å². The molecule has 5 heteroatoms. The van der Waals surface area contributed by atoms with E-state index >= 15 is 0 Å². The highest BCUT2D eigenvalue weighted by atomic mass is 79.9. The van der Waals surface area contributed by atoms with Gasteiger partial charge in [-0.25, -0.2) is 4.39 Å². The van der Waals surface area contributed by atoms with Crippen molar-refractivity contribution in [2.24, 2.45) is 0 Å². The molecule has 1 fully saturated rings. The maximum Gasteiger partial charge on any atom is 0.125 e. The standard InChI is InChI=1S/C12H12BrFN2O/c13-11-2-1-9(14)7-10(11)12(8-15)16-3-5-17-6-4-16/h1-2,7,12H,3-6H2. The summed E-state index contributed by atoms with van der Waals surface area (Å²) in [6.07, 6.45) is 0. The third kappa shape index (κ3) is 2.83. The van der Waals surface area contributed by atoms with Crippen LogP contribution in [0.3, 0.4) is 0 Å². The lowest BCUT2D eigenvalue weighted by molar-refractivity contribution is 0.0265. The molecule has 0 bridgehead atoms. The second-order valence-electron chi connectivity index (χ2n) is 3.85. The van der Waals surface area contributed by atoms with Crippen molar-refractivity contribution in [2.45, 2.75) is 6.04 Å². The highest BCUT2D eigenvalue weighted by Crippen LogP contribution is 2.28. The Bertz CT molecular complexity index is 441. The first-order valence-electron chi connectivity index (χ1n) is 5.38. The average molecular weight is 299 g/mol. The van der Waals surface area contributed by atoms with Crippen molar-refractivity contribution in [3.63, 3.8) is 0 Å². The number of hydrogen-bond acceptors (Lipinski definition) is 3. The fraction of sp³-hybridized carbons (Fsp3) is 0.417. The van der Waals surface area contributed by atoms with Gasteiger partial charge >= 0.3 is 0 Å². The van der Waals surface area contributed by atoms with E-state index in [0.717, 1.165) is 4.47 Å². The average Bonchev–Trinajstić information content (AvgIpc) is 2.36. The van der Waals surface area contributed by atoms with Gasteiger partial charge in [0.2, 0.25) is 0 Å². The number of rotatable bonds is 2. The summed E-state index contributed by atoms with van der Waals surface area (Å²) >= 11 is 3.36. The van der Waals surface area contributed by atoms with Crippen molar-refractivity contribution in [1.82, 2.24) is 4.90 Å². The van der Waals surface area contributed by atoms with Gasteiger partial charge in [-0.3, -0.25) is 4.90 Å². The van der Waals surface area contributed by atoms with E-state index in [9.17, 15) is 9.65 Å². The second-order valence-corrected chi connectivity index (χ2v) is 4.70. The number of nitriles is 1. The van der Waals surface area contributed by atoms with Crippen LogP contribution in [0.2, 0.25) is 0 Å². The summed E-state index contributed by atoms with van der Waals surface area (Å²) in [4.78, 5) is 2.00. The monoisotopic (exact) mass is 298 g/mol. The van der Waals surface area contributed by atoms with E-state index in [1.54, 1.807) is 6.07 Å². The van der Waals surface area contributed by atoms with E-state index < -0.39 is 6.04 Å². The van der Waals surface area contributed by atoms with Crippen LogP contribution in [0, 0.1) is 17.1 Å². The molecule has 3 nitrogen and oxygen atoms in total. The molecule has 1 heterocycles. The molecule has 0 saturated carbocycles. The molecule has 1 aromatic carbocycles. The summed E-state index contributed by atoms with van der Waals surface area (Å²) < 4.78 is 19.2. The first-order valence-corrected chi connectivity index (χ1v) is 6.18. The Labute approximate surface area is 108 Å². The lowest BCUT2D eigenvalue weighted by atomic mass is 10.1. The smallest absolute Gasteiger partial charge is 0.125 e. The van der Waals surface area contributed by atoms with Gasteiger partial charge in [0.05, 0.1) is 19.3 Å². The molecule has 0 aromatic heterocycles. The van der Waals surface area contributed by atoms with Crippen LogP contribution in [0.4, 0.5) is 4.39 Å². The van der Waals surface area contributed by atoms with Gasteiger partial charge in [0.1, 0.15) is 11.9 Å². The molecule has 1 unspecified atom stereocenters. The topological polar surface area (TPSA) is 36.3 Å². The Hall–Kier alpha value is -0.960. The van der Waals surface area contributed by atoms with E-state index in [0.29, 0.717) is 31.9 Å². The Morgan fingerprint density at radius 2 is 2.12 bits per heavy atom. The van der Waals surface area contributed by atoms with Crippen molar-refractivity contribution in [3.05, 3.63) is 34.1 Å². The fourth-order valence-electron chi connectivity index (χ4n) is 1.91. The summed E-state index contributed by atoms with van der Waals surface area (Å²) in [6, 6.07) is 6.22. The van der Waals surface area contributed by atoms with Gasteiger partial charge in [0.25, 0.3) is 0 Å². The molecule has 17 heavy (non-hydrogen) atoms. The molecular formula is C12H12BrFN2O. The number of hydrogen-bond donors (Lipinski definition) is 0. The summed E-state index contributed by atoms with van der Waals surface area (Å²) in [6.45, 7) is 2.62. The van der Waals surface area contributed by atoms with Crippen molar-refractivity contribution in [2.75, 3.05) is 26.3 Å². The van der Waals surface area contributed by atoms with Gasteiger partial charge in [-0.15, -0.1) is 0 Å². The van der Waals surface area contributed by atoms with Crippen molar-refractivity contribution >= 4 is 15.9 Å². The maximum atomic E-state index is 13.2.